The van der Waals surface area contributed by atoms with Gasteiger partial charge in [0.2, 0.25) is 0 Å². The molecule has 6 heteroatoms. The number of benzene rings is 2. The maximum absolute atomic E-state index is 12.7. The first-order chi connectivity index (χ1) is 13.3. The van der Waals surface area contributed by atoms with Crippen LogP contribution in [-0.2, 0) is 0 Å². The van der Waals surface area contributed by atoms with Crippen molar-refractivity contribution in [1.29, 1.82) is 0 Å². The zero-order valence-electron chi connectivity index (χ0n) is 17.0. The average molecular weight is 397 g/mol. The predicted octanol–water partition coefficient (Wildman–Crippen LogP) is 5.31. The van der Waals surface area contributed by atoms with E-state index < -0.39 is 0 Å². The van der Waals surface area contributed by atoms with E-state index in [0.29, 0.717) is 22.2 Å². The summed E-state index contributed by atoms with van der Waals surface area (Å²) in [5, 5.41) is 5.39. The van der Waals surface area contributed by atoms with E-state index in [2.05, 4.69) is 43.2 Å². The van der Waals surface area contributed by atoms with Gasteiger partial charge in [0, 0.05) is 22.1 Å². The minimum absolute atomic E-state index is 0.255. The number of nitrogens with one attached hydrogen (secondary N) is 1. The van der Waals surface area contributed by atoms with E-state index >= 15 is 0 Å². The van der Waals surface area contributed by atoms with Crippen molar-refractivity contribution >= 4 is 22.4 Å². The number of anilines is 1. The van der Waals surface area contributed by atoms with E-state index in [1.54, 1.807) is 26.4 Å². The minimum Gasteiger partial charge on any atom is -0.496 e. The van der Waals surface area contributed by atoms with E-state index in [-0.39, 0.29) is 5.91 Å². The van der Waals surface area contributed by atoms with Crippen LogP contribution in [0.4, 0.5) is 5.13 Å². The summed E-state index contributed by atoms with van der Waals surface area (Å²) >= 11 is 1.40. The maximum Gasteiger partial charge on any atom is 0.257 e. The molecule has 2 aromatic carbocycles. The predicted molar refractivity (Wildman–Crippen MR) is 114 cm³/mol. The molecule has 0 spiro atoms. The van der Waals surface area contributed by atoms with Crippen LogP contribution < -0.4 is 14.8 Å². The Balaban J connectivity index is 1.86. The molecule has 0 saturated carbocycles. The number of aromatic nitrogens is 1. The summed E-state index contributed by atoms with van der Waals surface area (Å²) in [5.41, 5.74) is 6.89. The number of aryl methyl sites for hydroxylation is 3. The smallest absolute Gasteiger partial charge is 0.257 e. The quantitative estimate of drug-likeness (QED) is 0.635. The lowest BCUT2D eigenvalue weighted by Gasteiger charge is -2.12. The van der Waals surface area contributed by atoms with Crippen molar-refractivity contribution in [3.8, 4) is 22.8 Å². The summed E-state index contributed by atoms with van der Waals surface area (Å²) in [7, 11) is 3.14. The molecule has 0 fully saturated rings. The number of ether oxygens (including phenoxy) is 2. The van der Waals surface area contributed by atoms with Crippen molar-refractivity contribution in [2.45, 2.75) is 27.7 Å². The maximum atomic E-state index is 12.7. The normalized spacial score (nSPS) is 10.6. The van der Waals surface area contributed by atoms with Gasteiger partial charge in [-0.25, -0.2) is 4.98 Å². The summed E-state index contributed by atoms with van der Waals surface area (Å²) in [6.07, 6.45) is 0. The fourth-order valence-corrected chi connectivity index (χ4v) is 3.78. The van der Waals surface area contributed by atoms with E-state index in [1.807, 2.05) is 12.3 Å². The third-order valence-corrected chi connectivity index (χ3v) is 5.61. The monoisotopic (exact) mass is 396 g/mol. The van der Waals surface area contributed by atoms with Crippen LogP contribution in [0, 0.1) is 27.7 Å². The molecule has 0 radical (unpaired) electrons. The molecule has 3 rings (SSSR count). The van der Waals surface area contributed by atoms with Crippen LogP contribution in [0.15, 0.2) is 29.6 Å². The number of hydrogen-bond acceptors (Lipinski definition) is 5. The van der Waals surface area contributed by atoms with Crippen LogP contribution >= 0.6 is 11.3 Å². The highest BCUT2D eigenvalue weighted by molar-refractivity contribution is 7.14. The summed E-state index contributed by atoms with van der Waals surface area (Å²) in [6, 6.07) is 7.71. The molecular formula is C22H24N2O3S. The highest BCUT2D eigenvalue weighted by Crippen LogP contribution is 2.32. The molecule has 0 aliphatic rings. The van der Waals surface area contributed by atoms with Crippen molar-refractivity contribution in [2.75, 3.05) is 19.5 Å². The molecule has 1 heterocycles. The van der Waals surface area contributed by atoms with Gasteiger partial charge in [-0.3, -0.25) is 10.1 Å². The zero-order valence-corrected chi connectivity index (χ0v) is 17.8. The number of amides is 1. The number of carbonyl (C=O) groups excluding carboxylic acids is 1. The van der Waals surface area contributed by atoms with Gasteiger partial charge in [-0.15, -0.1) is 11.3 Å². The Labute approximate surface area is 169 Å². The van der Waals surface area contributed by atoms with Crippen molar-refractivity contribution in [2.24, 2.45) is 0 Å². The van der Waals surface area contributed by atoms with Gasteiger partial charge in [-0.1, -0.05) is 6.07 Å². The van der Waals surface area contributed by atoms with Crippen LogP contribution in [0.2, 0.25) is 0 Å². The number of methoxy groups -OCH3 is 2. The molecular weight excluding hydrogens is 372 g/mol. The molecule has 1 N–H and O–H groups in total. The summed E-state index contributed by atoms with van der Waals surface area (Å²) in [4.78, 5) is 17.3. The van der Waals surface area contributed by atoms with Crippen molar-refractivity contribution in [1.82, 2.24) is 4.98 Å². The standard InChI is InChI=1S/C22H24N2O3S/c1-12-7-14(3)17(8-13(12)2)18-11-28-22(23-18)24-21(25)16-9-19(26-5)15(4)20(10-16)27-6/h7-11H,1-6H3,(H,23,24,25). The van der Waals surface area contributed by atoms with Gasteiger partial charge in [0.1, 0.15) is 11.5 Å². The third kappa shape index (κ3) is 3.87. The topological polar surface area (TPSA) is 60.5 Å². The fourth-order valence-electron chi connectivity index (χ4n) is 3.08. The van der Waals surface area contributed by atoms with Gasteiger partial charge < -0.3 is 9.47 Å². The van der Waals surface area contributed by atoms with Gasteiger partial charge in [0.15, 0.2) is 5.13 Å². The van der Waals surface area contributed by atoms with Crippen molar-refractivity contribution in [3.05, 3.63) is 57.5 Å². The number of nitrogens with zero attached hydrogens (tertiary/aromatic N) is 1. The highest BCUT2D eigenvalue weighted by atomic mass is 32.1. The Morgan fingerprint density at radius 3 is 2.14 bits per heavy atom. The van der Waals surface area contributed by atoms with Gasteiger partial charge in [-0.05, 0) is 62.6 Å². The zero-order chi connectivity index (χ0) is 20.4. The van der Waals surface area contributed by atoms with Crippen LogP contribution in [0.25, 0.3) is 11.3 Å². The molecule has 1 aromatic heterocycles. The number of rotatable bonds is 5. The number of carbonyl (C=O) groups is 1. The molecule has 0 aliphatic heterocycles. The average Bonchev–Trinajstić information content (AvgIpc) is 3.12. The molecule has 0 unspecified atom stereocenters. The number of hydrogen-bond donors (Lipinski definition) is 1. The Morgan fingerprint density at radius 2 is 1.54 bits per heavy atom. The lowest BCUT2D eigenvalue weighted by Crippen LogP contribution is -2.12. The summed E-state index contributed by atoms with van der Waals surface area (Å²) < 4.78 is 10.7. The molecule has 0 aliphatic carbocycles. The first-order valence-corrected chi connectivity index (χ1v) is 9.79. The highest BCUT2D eigenvalue weighted by Gasteiger charge is 2.16. The van der Waals surface area contributed by atoms with E-state index in [4.69, 9.17) is 9.47 Å². The van der Waals surface area contributed by atoms with E-state index in [1.165, 1.54) is 28.0 Å². The first-order valence-electron chi connectivity index (χ1n) is 8.91. The third-order valence-electron chi connectivity index (χ3n) is 4.86. The molecule has 28 heavy (non-hydrogen) atoms. The van der Waals surface area contributed by atoms with Gasteiger partial charge in [-0.2, -0.15) is 0 Å². The molecule has 0 atom stereocenters. The molecule has 5 nitrogen and oxygen atoms in total. The molecule has 0 bridgehead atoms. The Bertz CT molecular complexity index is 1020. The summed E-state index contributed by atoms with van der Waals surface area (Å²) in [5.74, 6) is 0.958. The Hall–Kier alpha value is -2.86. The fraction of sp³-hybridized carbons (Fsp3) is 0.273. The Kier molecular flexibility index (Phi) is 5.70. The number of thiazole rings is 1. The molecule has 1 amide bonds. The summed E-state index contributed by atoms with van der Waals surface area (Å²) in [6.45, 7) is 8.15. The second kappa shape index (κ2) is 8.02. The van der Waals surface area contributed by atoms with Crippen molar-refractivity contribution in [3.63, 3.8) is 0 Å². The SMILES string of the molecule is COc1cc(C(=O)Nc2nc(-c3cc(C)c(C)cc3C)cs2)cc(OC)c1C. The van der Waals surface area contributed by atoms with E-state index in [0.717, 1.165) is 16.8 Å². The van der Waals surface area contributed by atoms with Gasteiger partial charge in [0.25, 0.3) is 5.91 Å². The molecule has 0 saturated heterocycles. The van der Waals surface area contributed by atoms with Gasteiger partial charge in [0.05, 0.1) is 19.9 Å². The van der Waals surface area contributed by atoms with Gasteiger partial charge >= 0.3 is 0 Å². The molecule has 146 valence electrons. The Morgan fingerprint density at radius 1 is 0.929 bits per heavy atom. The first kappa shape index (κ1) is 19.9. The van der Waals surface area contributed by atoms with Crippen LogP contribution in [0.3, 0.4) is 0 Å². The lowest BCUT2D eigenvalue weighted by atomic mass is 9.99. The lowest BCUT2D eigenvalue weighted by molar-refractivity contribution is 0.102. The second-order valence-corrected chi connectivity index (χ2v) is 7.61. The second-order valence-electron chi connectivity index (χ2n) is 6.75. The molecule has 3 aromatic rings. The van der Waals surface area contributed by atoms with Crippen LogP contribution in [-0.4, -0.2) is 25.1 Å². The van der Waals surface area contributed by atoms with E-state index in [9.17, 15) is 4.79 Å². The minimum atomic E-state index is -0.255. The van der Waals surface area contributed by atoms with Crippen LogP contribution in [0.5, 0.6) is 11.5 Å². The van der Waals surface area contributed by atoms with Crippen molar-refractivity contribution < 1.29 is 14.3 Å². The van der Waals surface area contributed by atoms with Crippen LogP contribution in [0.1, 0.15) is 32.6 Å². The largest absolute Gasteiger partial charge is 0.496 e.